The van der Waals surface area contributed by atoms with Crippen molar-refractivity contribution in [3.05, 3.63) is 53.3 Å². The number of ether oxygens (including phenoxy) is 2. The molecule has 1 aromatic heterocycles. The van der Waals surface area contributed by atoms with E-state index >= 15 is 0 Å². The molecule has 2 heterocycles. The van der Waals surface area contributed by atoms with Crippen molar-refractivity contribution in [2.45, 2.75) is 19.3 Å². The second-order valence-corrected chi connectivity index (χ2v) is 5.43. The molecule has 116 valence electrons. The van der Waals surface area contributed by atoms with Gasteiger partial charge in [0.2, 0.25) is 6.79 Å². The van der Waals surface area contributed by atoms with Gasteiger partial charge < -0.3 is 9.47 Å². The molecule has 0 unspecified atom stereocenters. The molecule has 2 aromatic rings. The van der Waals surface area contributed by atoms with Gasteiger partial charge in [0.05, 0.1) is 11.4 Å². The third kappa shape index (κ3) is 2.63. The molecule has 6 nitrogen and oxygen atoms in total. The summed E-state index contributed by atoms with van der Waals surface area (Å²) in [4.78, 5) is 16.6. The molecule has 0 bridgehead atoms. The first-order valence-electron chi connectivity index (χ1n) is 7.52. The highest BCUT2D eigenvalue weighted by Crippen LogP contribution is 2.32. The summed E-state index contributed by atoms with van der Waals surface area (Å²) in [5.74, 6) is 0.951. The van der Waals surface area contributed by atoms with E-state index in [1.165, 1.54) is 5.56 Å². The van der Waals surface area contributed by atoms with E-state index in [9.17, 15) is 4.79 Å². The van der Waals surface area contributed by atoms with Crippen molar-refractivity contribution in [3.8, 4) is 11.5 Å². The number of pyridine rings is 1. The molecule has 1 aromatic carbocycles. The minimum Gasteiger partial charge on any atom is -0.454 e. The van der Waals surface area contributed by atoms with Crippen molar-refractivity contribution in [1.82, 2.24) is 10.4 Å². The Labute approximate surface area is 133 Å². The van der Waals surface area contributed by atoms with Crippen LogP contribution in [0.3, 0.4) is 0 Å². The van der Waals surface area contributed by atoms with Crippen molar-refractivity contribution in [2.75, 3.05) is 6.79 Å². The van der Waals surface area contributed by atoms with Gasteiger partial charge in [0.1, 0.15) is 0 Å². The molecule has 0 saturated heterocycles. The number of nitrogens with zero attached hydrogens (tertiary/aromatic N) is 2. The molecule has 1 aliphatic carbocycles. The number of amides is 1. The lowest BCUT2D eigenvalue weighted by atomic mass is 9.95. The number of carbonyl (C=O) groups is 1. The monoisotopic (exact) mass is 309 g/mol. The number of hydrogen-bond acceptors (Lipinski definition) is 5. The maximum atomic E-state index is 12.3. The Kier molecular flexibility index (Phi) is 3.42. The maximum absolute atomic E-state index is 12.3. The summed E-state index contributed by atoms with van der Waals surface area (Å²) in [5.41, 5.74) is 5.97. The highest BCUT2D eigenvalue weighted by Gasteiger charge is 2.18. The number of rotatable bonds is 2. The van der Waals surface area contributed by atoms with Crippen molar-refractivity contribution in [2.24, 2.45) is 5.10 Å². The van der Waals surface area contributed by atoms with Crippen LogP contribution < -0.4 is 14.9 Å². The molecule has 23 heavy (non-hydrogen) atoms. The van der Waals surface area contributed by atoms with E-state index in [1.54, 1.807) is 24.4 Å². The predicted octanol–water partition coefficient (Wildman–Crippen LogP) is 2.28. The Morgan fingerprint density at radius 2 is 2.09 bits per heavy atom. The zero-order valence-electron chi connectivity index (χ0n) is 12.4. The van der Waals surface area contributed by atoms with Crippen LogP contribution in [0.2, 0.25) is 0 Å². The van der Waals surface area contributed by atoms with Crippen LogP contribution in [-0.2, 0) is 6.42 Å². The largest absolute Gasteiger partial charge is 0.454 e. The molecule has 4 rings (SSSR count). The number of hydrazone groups is 1. The fourth-order valence-corrected chi connectivity index (χ4v) is 2.79. The van der Waals surface area contributed by atoms with Gasteiger partial charge in [0.25, 0.3) is 5.91 Å². The molecular weight excluding hydrogens is 294 g/mol. The van der Waals surface area contributed by atoms with Crippen LogP contribution in [0.25, 0.3) is 0 Å². The fraction of sp³-hybridized carbons (Fsp3) is 0.235. The average Bonchev–Trinajstić information content (AvgIpc) is 3.07. The van der Waals surface area contributed by atoms with Gasteiger partial charge in [-0.05, 0) is 49.1 Å². The first-order chi connectivity index (χ1) is 11.3. The molecule has 6 heteroatoms. The molecular formula is C17H15N3O3. The van der Waals surface area contributed by atoms with Gasteiger partial charge in [-0.3, -0.25) is 9.78 Å². The van der Waals surface area contributed by atoms with E-state index < -0.39 is 0 Å². The lowest BCUT2D eigenvalue weighted by Crippen LogP contribution is -2.22. The normalized spacial score (nSPS) is 17.0. The van der Waals surface area contributed by atoms with Crippen LogP contribution in [0.4, 0.5) is 0 Å². The maximum Gasteiger partial charge on any atom is 0.271 e. The van der Waals surface area contributed by atoms with Crippen LogP contribution in [0.1, 0.15) is 34.5 Å². The number of fused-ring (bicyclic) bond motifs is 2. The summed E-state index contributed by atoms with van der Waals surface area (Å²) < 4.78 is 10.5. The Hall–Kier alpha value is -2.89. The smallest absolute Gasteiger partial charge is 0.271 e. The summed E-state index contributed by atoms with van der Waals surface area (Å²) in [7, 11) is 0. The third-order valence-electron chi connectivity index (χ3n) is 3.95. The van der Waals surface area contributed by atoms with Crippen LogP contribution >= 0.6 is 0 Å². The Morgan fingerprint density at radius 3 is 3.04 bits per heavy atom. The quantitative estimate of drug-likeness (QED) is 0.864. The second-order valence-electron chi connectivity index (χ2n) is 5.43. The zero-order valence-corrected chi connectivity index (χ0v) is 12.4. The molecule has 0 saturated carbocycles. The van der Waals surface area contributed by atoms with E-state index in [0.29, 0.717) is 17.1 Å². The fourth-order valence-electron chi connectivity index (χ4n) is 2.79. The van der Waals surface area contributed by atoms with Crippen molar-refractivity contribution in [3.63, 3.8) is 0 Å². The van der Waals surface area contributed by atoms with E-state index in [0.717, 1.165) is 30.7 Å². The first kappa shape index (κ1) is 13.8. The number of benzene rings is 1. The van der Waals surface area contributed by atoms with Crippen LogP contribution in [0, 0.1) is 0 Å². The Balaban J connectivity index is 1.54. The second kappa shape index (κ2) is 5.72. The molecule has 1 N–H and O–H groups in total. The summed E-state index contributed by atoms with van der Waals surface area (Å²) in [6, 6.07) is 9.05. The molecule has 1 amide bonds. The number of aryl methyl sites for hydroxylation is 1. The highest BCUT2D eigenvalue weighted by molar-refractivity contribution is 6.02. The first-order valence-corrected chi connectivity index (χ1v) is 7.52. The number of carbonyl (C=O) groups excluding carboxylic acids is 1. The minimum atomic E-state index is -0.279. The SMILES string of the molecule is O=C(N/N=C1\CCCc2cccnc21)c1ccc2c(c1)OCO2. The zero-order chi connectivity index (χ0) is 15.6. The number of nitrogens with one attached hydrogen (secondary N) is 1. The third-order valence-corrected chi connectivity index (χ3v) is 3.95. The molecule has 0 fully saturated rings. The molecule has 0 radical (unpaired) electrons. The lowest BCUT2D eigenvalue weighted by Gasteiger charge is -2.16. The van der Waals surface area contributed by atoms with E-state index in [1.807, 2.05) is 6.07 Å². The van der Waals surface area contributed by atoms with Crippen molar-refractivity contribution in [1.29, 1.82) is 0 Å². The van der Waals surface area contributed by atoms with E-state index in [-0.39, 0.29) is 12.7 Å². The standard InChI is InChI=1S/C17H15N3O3/c21-17(12-6-7-14-15(9-12)23-10-22-14)20-19-13-5-1-3-11-4-2-8-18-16(11)13/h2,4,6-9H,1,3,5,10H2,(H,20,21)/b19-13+. The van der Waals surface area contributed by atoms with Gasteiger partial charge in [-0.2, -0.15) is 5.10 Å². The molecule has 2 aliphatic rings. The van der Waals surface area contributed by atoms with Gasteiger partial charge >= 0.3 is 0 Å². The Morgan fingerprint density at radius 1 is 1.17 bits per heavy atom. The van der Waals surface area contributed by atoms with Gasteiger partial charge in [0.15, 0.2) is 11.5 Å². The van der Waals surface area contributed by atoms with Crippen molar-refractivity contribution < 1.29 is 14.3 Å². The van der Waals surface area contributed by atoms with Gasteiger partial charge in [0, 0.05) is 11.8 Å². The topological polar surface area (TPSA) is 72.8 Å². The summed E-state index contributed by atoms with van der Waals surface area (Å²) in [5, 5.41) is 4.28. The van der Waals surface area contributed by atoms with Crippen LogP contribution in [-0.4, -0.2) is 23.4 Å². The molecule has 0 spiro atoms. The molecule has 1 aliphatic heterocycles. The van der Waals surface area contributed by atoms with Crippen LogP contribution in [0.5, 0.6) is 11.5 Å². The average molecular weight is 309 g/mol. The van der Waals surface area contributed by atoms with Crippen molar-refractivity contribution >= 4 is 11.6 Å². The summed E-state index contributed by atoms with van der Waals surface area (Å²) >= 11 is 0. The predicted molar refractivity (Wildman–Crippen MR) is 83.7 cm³/mol. The van der Waals surface area contributed by atoms with E-state index in [2.05, 4.69) is 21.6 Å². The highest BCUT2D eigenvalue weighted by atomic mass is 16.7. The number of aromatic nitrogens is 1. The van der Waals surface area contributed by atoms with E-state index in [4.69, 9.17) is 9.47 Å². The minimum absolute atomic E-state index is 0.186. The Bertz CT molecular complexity index is 801. The van der Waals surface area contributed by atoms with Crippen LogP contribution in [0.15, 0.2) is 41.6 Å². The molecule has 0 atom stereocenters. The number of hydrogen-bond donors (Lipinski definition) is 1. The summed E-state index contributed by atoms with van der Waals surface area (Å²) in [6.07, 6.45) is 4.57. The van der Waals surface area contributed by atoms with Gasteiger partial charge in [-0.25, -0.2) is 5.43 Å². The summed E-state index contributed by atoms with van der Waals surface area (Å²) in [6.45, 7) is 0.186. The van der Waals surface area contributed by atoms with Gasteiger partial charge in [-0.1, -0.05) is 6.07 Å². The lowest BCUT2D eigenvalue weighted by molar-refractivity contribution is 0.0954. The van der Waals surface area contributed by atoms with Gasteiger partial charge in [-0.15, -0.1) is 0 Å².